The van der Waals surface area contributed by atoms with Gasteiger partial charge >= 0.3 is 0 Å². The Morgan fingerprint density at radius 1 is 1.10 bits per heavy atom. The molecule has 0 fully saturated rings. The summed E-state index contributed by atoms with van der Waals surface area (Å²) in [6.07, 6.45) is 4.69. The minimum atomic E-state index is 0.135. The van der Waals surface area contributed by atoms with E-state index in [-0.39, 0.29) is 5.54 Å². The van der Waals surface area contributed by atoms with Gasteiger partial charge in [-0.05, 0) is 51.5 Å². The number of pyridine rings is 2. The summed E-state index contributed by atoms with van der Waals surface area (Å²) in [6, 6.07) is 10.3. The maximum absolute atomic E-state index is 4.85. The average molecular weight is 283 g/mol. The molecule has 2 heterocycles. The molecule has 0 saturated carbocycles. The predicted octanol–water partition coefficient (Wildman–Crippen LogP) is 4.03. The zero-order valence-electron chi connectivity index (χ0n) is 13.4. The van der Waals surface area contributed by atoms with E-state index in [1.807, 2.05) is 24.5 Å². The van der Waals surface area contributed by atoms with Crippen LogP contribution in [0.3, 0.4) is 0 Å². The van der Waals surface area contributed by atoms with Crippen LogP contribution in [0.15, 0.2) is 42.7 Å². The molecule has 3 heteroatoms. The third-order valence-electron chi connectivity index (χ3n) is 3.54. The Kier molecular flexibility index (Phi) is 5.07. The second-order valence-electron chi connectivity index (χ2n) is 6.42. The van der Waals surface area contributed by atoms with Gasteiger partial charge in [-0.1, -0.05) is 13.0 Å². The van der Waals surface area contributed by atoms with E-state index >= 15 is 0 Å². The number of hydrogen-bond donors (Lipinski definition) is 1. The molecule has 0 aliphatic rings. The topological polar surface area (TPSA) is 37.8 Å². The van der Waals surface area contributed by atoms with Gasteiger partial charge in [0.25, 0.3) is 0 Å². The van der Waals surface area contributed by atoms with Crippen LogP contribution in [0.2, 0.25) is 0 Å². The van der Waals surface area contributed by atoms with Crippen molar-refractivity contribution in [3.05, 3.63) is 48.4 Å². The van der Waals surface area contributed by atoms with Crippen LogP contribution in [0.5, 0.6) is 0 Å². The Hall–Kier alpha value is -1.74. The smallest absolute Gasteiger partial charge is 0.0706 e. The Morgan fingerprint density at radius 3 is 2.43 bits per heavy atom. The first-order chi connectivity index (χ1) is 9.99. The number of hydrogen-bond acceptors (Lipinski definition) is 3. The third-order valence-corrected chi connectivity index (χ3v) is 3.54. The molecule has 3 nitrogen and oxygen atoms in total. The molecule has 0 unspecified atom stereocenters. The molecule has 0 spiro atoms. The van der Waals surface area contributed by atoms with Crippen LogP contribution in [0.1, 0.15) is 45.7 Å². The predicted molar refractivity (Wildman–Crippen MR) is 88.3 cm³/mol. The molecule has 0 amide bonds. The van der Waals surface area contributed by atoms with Gasteiger partial charge in [-0.15, -0.1) is 0 Å². The van der Waals surface area contributed by atoms with Crippen LogP contribution in [0.4, 0.5) is 0 Å². The number of nitrogens with one attached hydrogen (secondary N) is 1. The first kappa shape index (κ1) is 15.6. The molecular weight excluding hydrogens is 258 g/mol. The van der Waals surface area contributed by atoms with Crippen LogP contribution in [0.25, 0.3) is 11.3 Å². The molecule has 112 valence electrons. The van der Waals surface area contributed by atoms with E-state index in [1.54, 1.807) is 0 Å². The molecule has 0 radical (unpaired) electrons. The lowest BCUT2D eigenvalue weighted by molar-refractivity contribution is 0.400. The number of aromatic nitrogens is 2. The van der Waals surface area contributed by atoms with Gasteiger partial charge in [-0.25, -0.2) is 0 Å². The van der Waals surface area contributed by atoms with Crippen molar-refractivity contribution < 1.29 is 0 Å². The summed E-state index contributed by atoms with van der Waals surface area (Å²) < 4.78 is 0. The highest BCUT2D eigenvalue weighted by Crippen LogP contribution is 2.22. The molecule has 1 atom stereocenters. The lowest BCUT2D eigenvalue weighted by atomic mass is 9.99. The second kappa shape index (κ2) is 6.81. The first-order valence-corrected chi connectivity index (χ1v) is 7.62. The number of rotatable bonds is 5. The molecule has 0 aliphatic heterocycles. The molecule has 0 aliphatic carbocycles. The van der Waals surface area contributed by atoms with Crippen molar-refractivity contribution in [2.45, 2.75) is 45.6 Å². The molecule has 21 heavy (non-hydrogen) atoms. The normalized spacial score (nSPS) is 13.1. The largest absolute Gasteiger partial charge is 0.311 e. The van der Waals surface area contributed by atoms with Crippen LogP contribution in [0, 0.1) is 0 Å². The lowest BCUT2D eigenvalue weighted by Gasteiger charge is -2.24. The Labute approximate surface area is 127 Å². The SMILES string of the molecule is CC[C@H](CNC(C)(C)C)c1cccc(-c2ccncc2)n1. The molecule has 0 aromatic carbocycles. The van der Waals surface area contributed by atoms with Crippen molar-refractivity contribution in [2.75, 3.05) is 6.54 Å². The minimum Gasteiger partial charge on any atom is -0.311 e. The summed E-state index contributed by atoms with van der Waals surface area (Å²) in [5.41, 5.74) is 3.43. The van der Waals surface area contributed by atoms with Crippen molar-refractivity contribution in [1.29, 1.82) is 0 Å². The molecule has 0 saturated heterocycles. The van der Waals surface area contributed by atoms with Gasteiger partial charge in [-0.3, -0.25) is 9.97 Å². The van der Waals surface area contributed by atoms with Gasteiger partial charge in [-0.2, -0.15) is 0 Å². The summed E-state index contributed by atoms with van der Waals surface area (Å²) >= 11 is 0. The summed E-state index contributed by atoms with van der Waals surface area (Å²) in [6.45, 7) is 9.75. The molecule has 2 rings (SSSR count). The molecule has 1 N–H and O–H groups in total. The summed E-state index contributed by atoms with van der Waals surface area (Å²) in [4.78, 5) is 8.91. The van der Waals surface area contributed by atoms with Crippen LogP contribution in [-0.2, 0) is 0 Å². The van der Waals surface area contributed by atoms with E-state index in [1.165, 1.54) is 0 Å². The van der Waals surface area contributed by atoms with E-state index in [0.717, 1.165) is 29.9 Å². The standard InChI is InChI=1S/C18H25N3/c1-5-14(13-20-18(2,3)4)16-7-6-8-17(21-16)15-9-11-19-12-10-15/h6-12,14,20H,5,13H2,1-4H3/t14-/m1/s1. The quantitative estimate of drug-likeness (QED) is 0.900. The van der Waals surface area contributed by atoms with E-state index in [2.05, 4.69) is 56.2 Å². The van der Waals surface area contributed by atoms with Crippen molar-refractivity contribution >= 4 is 0 Å². The van der Waals surface area contributed by atoms with Gasteiger partial charge in [0.05, 0.1) is 5.69 Å². The average Bonchev–Trinajstić information content (AvgIpc) is 2.48. The maximum atomic E-state index is 4.85. The molecular formula is C18H25N3. The molecule has 2 aromatic rings. The summed E-state index contributed by atoms with van der Waals surface area (Å²) in [7, 11) is 0. The van der Waals surface area contributed by atoms with Gasteiger partial charge in [0.1, 0.15) is 0 Å². The Balaban J connectivity index is 2.19. The second-order valence-corrected chi connectivity index (χ2v) is 6.42. The van der Waals surface area contributed by atoms with Gasteiger partial charge in [0.15, 0.2) is 0 Å². The van der Waals surface area contributed by atoms with Crippen molar-refractivity contribution in [2.24, 2.45) is 0 Å². The fourth-order valence-electron chi connectivity index (χ4n) is 2.25. The van der Waals surface area contributed by atoms with Crippen LogP contribution in [-0.4, -0.2) is 22.1 Å². The summed E-state index contributed by atoms with van der Waals surface area (Å²) in [5, 5.41) is 3.58. The van der Waals surface area contributed by atoms with E-state index < -0.39 is 0 Å². The number of nitrogens with zero attached hydrogens (tertiary/aromatic N) is 2. The third kappa shape index (κ3) is 4.64. The fourth-order valence-corrected chi connectivity index (χ4v) is 2.25. The maximum Gasteiger partial charge on any atom is 0.0706 e. The fraction of sp³-hybridized carbons (Fsp3) is 0.444. The lowest BCUT2D eigenvalue weighted by Crippen LogP contribution is -2.38. The van der Waals surface area contributed by atoms with Crippen LogP contribution >= 0.6 is 0 Å². The zero-order valence-corrected chi connectivity index (χ0v) is 13.4. The highest BCUT2D eigenvalue weighted by Gasteiger charge is 2.16. The van der Waals surface area contributed by atoms with Gasteiger partial charge in [0.2, 0.25) is 0 Å². The monoisotopic (exact) mass is 283 g/mol. The Morgan fingerprint density at radius 2 is 1.81 bits per heavy atom. The van der Waals surface area contributed by atoms with Crippen molar-refractivity contribution in [3.63, 3.8) is 0 Å². The summed E-state index contributed by atoms with van der Waals surface area (Å²) in [5.74, 6) is 0.436. The molecule has 2 aromatic heterocycles. The first-order valence-electron chi connectivity index (χ1n) is 7.62. The molecule has 0 bridgehead atoms. The zero-order chi connectivity index (χ0) is 15.3. The highest BCUT2D eigenvalue weighted by atomic mass is 14.9. The van der Waals surface area contributed by atoms with Crippen LogP contribution < -0.4 is 5.32 Å². The van der Waals surface area contributed by atoms with E-state index in [4.69, 9.17) is 4.98 Å². The Bertz CT molecular complexity index is 558. The van der Waals surface area contributed by atoms with E-state index in [9.17, 15) is 0 Å². The highest BCUT2D eigenvalue weighted by molar-refractivity contribution is 5.58. The van der Waals surface area contributed by atoms with Gasteiger partial charge in [0, 0.05) is 41.7 Å². The van der Waals surface area contributed by atoms with Crippen molar-refractivity contribution in [1.82, 2.24) is 15.3 Å². The van der Waals surface area contributed by atoms with Gasteiger partial charge < -0.3 is 5.32 Å². The van der Waals surface area contributed by atoms with E-state index in [0.29, 0.717) is 5.92 Å². The van der Waals surface area contributed by atoms with Crippen molar-refractivity contribution in [3.8, 4) is 11.3 Å². The minimum absolute atomic E-state index is 0.135.